The van der Waals surface area contributed by atoms with Crippen LogP contribution in [0, 0.1) is 20.8 Å². The van der Waals surface area contributed by atoms with Crippen molar-refractivity contribution in [2.45, 2.75) is 33.7 Å². The Balaban J connectivity index is 1.95. The Bertz CT molecular complexity index is 798. The lowest BCUT2D eigenvalue weighted by molar-refractivity contribution is 0.756. The summed E-state index contributed by atoms with van der Waals surface area (Å²) in [6.07, 6.45) is 3.92. The van der Waals surface area contributed by atoms with E-state index in [1.165, 1.54) is 0 Å². The number of nitrogens with zero attached hydrogens (tertiary/aromatic N) is 5. The van der Waals surface area contributed by atoms with Crippen molar-refractivity contribution in [3.05, 3.63) is 41.1 Å². The van der Waals surface area contributed by atoms with E-state index in [0.29, 0.717) is 0 Å². The second-order valence-electron chi connectivity index (χ2n) is 5.52. The van der Waals surface area contributed by atoms with Gasteiger partial charge in [0.05, 0.1) is 23.1 Å². The summed E-state index contributed by atoms with van der Waals surface area (Å²) in [6, 6.07) is 2.12. The van der Waals surface area contributed by atoms with Crippen LogP contribution in [0.1, 0.15) is 35.6 Å². The summed E-state index contributed by atoms with van der Waals surface area (Å²) >= 11 is 0. The van der Waals surface area contributed by atoms with Gasteiger partial charge in [-0.3, -0.25) is 4.68 Å². The summed E-state index contributed by atoms with van der Waals surface area (Å²) < 4.78 is 3.72. The van der Waals surface area contributed by atoms with Gasteiger partial charge in [-0.05, 0) is 27.7 Å². The normalized spacial score (nSPS) is 12.8. The van der Waals surface area contributed by atoms with Crippen molar-refractivity contribution in [2.75, 3.05) is 5.32 Å². The van der Waals surface area contributed by atoms with Crippen LogP contribution in [0.4, 0.5) is 5.69 Å². The fourth-order valence-corrected chi connectivity index (χ4v) is 2.65. The zero-order valence-corrected chi connectivity index (χ0v) is 13.0. The number of nitrogens with one attached hydrogen (secondary N) is 1. The molecule has 0 aliphatic rings. The smallest absolute Gasteiger partial charge is 0.155 e. The quantitative estimate of drug-likeness (QED) is 0.803. The van der Waals surface area contributed by atoms with Crippen molar-refractivity contribution in [2.24, 2.45) is 7.05 Å². The predicted molar refractivity (Wildman–Crippen MR) is 82.4 cm³/mol. The molecular weight excluding hydrogens is 264 g/mol. The molecule has 0 aliphatic heterocycles. The topological polar surface area (TPSA) is 60.0 Å². The minimum absolute atomic E-state index is 0.134. The number of aromatic nitrogens is 5. The minimum Gasteiger partial charge on any atom is -0.376 e. The molecule has 0 spiro atoms. The first-order valence-corrected chi connectivity index (χ1v) is 7.04. The van der Waals surface area contributed by atoms with Gasteiger partial charge in [-0.2, -0.15) is 10.2 Å². The van der Waals surface area contributed by atoms with Gasteiger partial charge in [-0.1, -0.05) is 0 Å². The lowest BCUT2D eigenvalue weighted by Gasteiger charge is -2.17. The van der Waals surface area contributed by atoms with Crippen LogP contribution in [0.3, 0.4) is 0 Å². The third-order valence-corrected chi connectivity index (χ3v) is 3.74. The van der Waals surface area contributed by atoms with E-state index in [-0.39, 0.29) is 6.04 Å². The highest BCUT2D eigenvalue weighted by atomic mass is 15.3. The Morgan fingerprint density at radius 2 is 1.95 bits per heavy atom. The number of anilines is 1. The number of aryl methyl sites for hydroxylation is 4. The van der Waals surface area contributed by atoms with Crippen LogP contribution < -0.4 is 5.32 Å². The zero-order valence-electron chi connectivity index (χ0n) is 13.0. The fourth-order valence-electron chi connectivity index (χ4n) is 2.65. The molecule has 3 aromatic heterocycles. The van der Waals surface area contributed by atoms with Crippen molar-refractivity contribution in [1.82, 2.24) is 24.4 Å². The fraction of sp³-hybridized carbons (Fsp3) is 0.400. The Kier molecular flexibility index (Phi) is 3.16. The maximum atomic E-state index is 4.49. The maximum Gasteiger partial charge on any atom is 0.155 e. The average Bonchev–Trinajstić information content (AvgIpc) is 2.93. The van der Waals surface area contributed by atoms with Gasteiger partial charge in [0.15, 0.2) is 5.65 Å². The van der Waals surface area contributed by atoms with E-state index in [1.54, 1.807) is 0 Å². The van der Waals surface area contributed by atoms with Gasteiger partial charge < -0.3 is 5.32 Å². The van der Waals surface area contributed by atoms with Gasteiger partial charge in [0.2, 0.25) is 0 Å². The molecule has 3 rings (SSSR count). The molecule has 0 aliphatic carbocycles. The van der Waals surface area contributed by atoms with Crippen LogP contribution in [-0.2, 0) is 7.05 Å². The van der Waals surface area contributed by atoms with Crippen LogP contribution in [-0.4, -0.2) is 24.4 Å². The van der Waals surface area contributed by atoms with Crippen LogP contribution in [0.5, 0.6) is 0 Å². The molecule has 0 saturated carbocycles. The summed E-state index contributed by atoms with van der Waals surface area (Å²) in [5.74, 6) is 0. The first-order chi connectivity index (χ1) is 9.95. The van der Waals surface area contributed by atoms with Crippen LogP contribution in [0.15, 0.2) is 18.5 Å². The minimum atomic E-state index is 0.134. The van der Waals surface area contributed by atoms with E-state index >= 15 is 0 Å². The molecule has 1 unspecified atom stereocenters. The molecule has 3 aromatic rings. The first-order valence-electron chi connectivity index (χ1n) is 7.04. The molecule has 21 heavy (non-hydrogen) atoms. The standard InChI is InChI=1S/C15H20N6/c1-9-6-15-16-7-13(12(4)21(15)18-9)10(2)17-14-8-20(5)19-11(14)3/h6-8,10,17H,1-5H3. The SMILES string of the molecule is Cc1cc2ncc(C(C)Nc3cn(C)nc3C)c(C)n2n1. The Hall–Kier alpha value is -2.37. The number of rotatable bonds is 3. The van der Waals surface area contributed by atoms with Crippen LogP contribution >= 0.6 is 0 Å². The summed E-state index contributed by atoms with van der Waals surface area (Å²) in [5, 5.41) is 12.3. The Morgan fingerprint density at radius 1 is 1.19 bits per heavy atom. The van der Waals surface area contributed by atoms with E-state index in [2.05, 4.69) is 34.3 Å². The van der Waals surface area contributed by atoms with E-state index < -0.39 is 0 Å². The first kappa shape index (κ1) is 13.6. The maximum absolute atomic E-state index is 4.49. The molecular formula is C15H20N6. The molecule has 0 radical (unpaired) electrons. The van der Waals surface area contributed by atoms with Gasteiger partial charge in [-0.15, -0.1) is 0 Å². The highest BCUT2D eigenvalue weighted by molar-refractivity contribution is 5.49. The molecule has 110 valence electrons. The number of hydrogen-bond donors (Lipinski definition) is 1. The van der Waals surface area contributed by atoms with Gasteiger partial charge in [-0.25, -0.2) is 9.50 Å². The molecule has 0 amide bonds. The van der Waals surface area contributed by atoms with Crippen molar-refractivity contribution >= 4 is 11.3 Å². The highest BCUT2D eigenvalue weighted by Gasteiger charge is 2.14. The predicted octanol–water partition coefficient (Wildman–Crippen LogP) is 2.56. The molecule has 6 heteroatoms. The average molecular weight is 284 g/mol. The summed E-state index contributed by atoms with van der Waals surface area (Å²) in [5.41, 5.74) is 6.14. The Morgan fingerprint density at radius 3 is 2.62 bits per heavy atom. The largest absolute Gasteiger partial charge is 0.376 e. The third kappa shape index (κ3) is 2.37. The molecule has 0 bridgehead atoms. The molecule has 0 saturated heterocycles. The van der Waals surface area contributed by atoms with E-state index in [1.807, 2.05) is 48.6 Å². The lowest BCUT2D eigenvalue weighted by Crippen LogP contribution is -2.12. The number of hydrogen-bond acceptors (Lipinski definition) is 4. The molecule has 1 N–H and O–H groups in total. The van der Waals surface area contributed by atoms with Gasteiger partial charge in [0.25, 0.3) is 0 Å². The van der Waals surface area contributed by atoms with Crippen molar-refractivity contribution in [1.29, 1.82) is 0 Å². The van der Waals surface area contributed by atoms with E-state index in [0.717, 1.165) is 34.0 Å². The third-order valence-electron chi connectivity index (χ3n) is 3.74. The van der Waals surface area contributed by atoms with Crippen LogP contribution in [0.2, 0.25) is 0 Å². The molecule has 0 aromatic carbocycles. The molecule has 1 atom stereocenters. The van der Waals surface area contributed by atoms with Gasteiger partial charge in [0, 0.05) is 36.8 Å². The van der Waals surface area contributed by atoms with Gasteiger partial charge >= 0.3 is 0 Å². The summed E-state index contributed by atoms with van der Waals surface area (Å²) in [6.45, 7) is 8.18. The zero-order chi connectivity index (χ0) is 15.1. The lowest BCUT2D eigenvalue weighted by atomic mass is 10.1. The second-order valence-corrected chi connectivity index (χ2v) is 5.52. The summed E-state index contributed by atoms with van der Waals surface area (Å²) in [7, 11) is 1.92. The van der Waals surface area contributed by atoms with Crippen molar-refractivity contribution in [3.8, 4) is 0 Å². The Labute approximate surface area is 123 Å². The van der Waals surface area contributed by atoms with Gasteiger partial charge in [0.1, 0.15) is 0 Å². The molecule has 6 nitrogen and oxygen atoms in total. The van der Waals surface area contributed by atoms with E-state index in [4.69, 9.17) is 0 Å². The molecule has 0 fully saturated rings. The van der Waals surface area contributed by atoms with Crippen LogP contribution in [0.25, 0.3) is 5.65 Å². The van der Waals surface area contributed by atoms with Crippen molar-refractivity contribution in [3.63, 3.8) is 0 Å². The highest BCUT2D eigenvalue weighted by Crippen LogP contribution is 2.23. The molecule has 3 heterocycles. The van der Waals surface area contributed by atoms with E-state index in [9.17, 15) is 0 Å². The second kappa shape index (κ2) is 4.87. The monoisotopic (exact) mass is 284 g/mol. The summed E-state index contributed by atoms with van der Waals surface area (Å²) in [4.78, 5) is 4.49. The number of fused-ring (bicyclic) bond motifs is 1. The van der Waals surface area contributed by atoms with Crippen molar-refractivity contribution < 1.29 is 0 Å².